The quantitative estimate of drug-likeness (QED) is 0.772. The lowest BCUT2D eigenvalue weighted by Gasteiger charge is -2.33. The molecule has 1 aliphatic heterocycles. The largest absolute Gasteiger partial charge is 0.462 e. The number of esters is 1. The minimum absolute atomic E-state index is 0.144. The molecule has 2 rings (SSSR count). The molecule has 1 aliphatic rings. The van der Waals surface area contributed by atoms with E-state index in [0.29, 0.717) is 37.4 Å². The molecule has 0 spiro atoms. The van der Waals surface area contributed by atoms with Crippen molar-refractivity contribution in [2.45, 2.75) is 52.6 Å². The van der Waals surface area contributed by atoms with Crippen LogP contribution in [0.25, 0.3) is 0 Å². The predicted octanol–water partition coefficient (Wildman–Crippen LogP) is 3.84. The van der Waals surface area contributed by atoms with E-state index in [1.165, 1.54) is 0 Å². The van der Waals surface area contributed by atoms with Gasteiger partial charge in [-0.15, -0.1) is 0 Å². The van der Waals surface area contributed by atoms with E-state index in [9.17, 15) is 14.4 Å². The van der Waals surface area contributed by atoms with Gasteiger partial charge in [0, 0.05) is 18.8 Å². The number of likely N-dealkylation sites (tertiary alicyclic amines) is 1. The van der Waals surface area contributed by atoms with Crippen molar-refractivity contribution in [2.75, 3.05) is 25.0 Å². The molecular formula is C21H30N2O5. The molecule has 1 N–H and O–H groups in total. The second kappa shape index (κ2) is 9.57. The number of benzene rings is 1. The van der Waals surface area contributed by atoms with Gasteiger partial charge in [0.2, 0.25) is 5.91 Å². The van der Waals surface area contributed by atoms with Crippen molar-refractivity contribution in [3.63, 3.8) is 0 Å². The third-order valence-electron chi connectivity index (χ3n) is 4.27. The van der Waals surface area contributed by atoms with Gasteiger partial charge in [-0.25, -0.2) is 9.59 Å². The van der Waals surface area contributed by atoms with Gasteiger partial charge in [0.15, 0.2) is 0 Å². The van der Waals surface area contributed by atoms with E-state index in [2.05, 4.69) is 5.32 Å². The van der Waals surface area contributed by atoms with Crippen LogP contribution in [0.3, 0.4) is 0 Å². The highest BCUT2D eigenvalue weighted by Gasteiger charge is 2.31. The Kier molecular flexibility index (Phi) is 7.43. The van der Waals surface area contributed by atoms with Crippen molar-refractivity contribution in [1.29, 1.82) is 0 Å². The molecule has 0 saturated carbocycles. The van der Waals surface area contributed by atoms with Crippen molar-refractivity contribution < 1.29 is 23.9 Å². The molecule has 0 aliphatic carbocycles. The van der Waals surface area contributed by atoms with Crippen molar-refractivity contribution in [2.24, 2.45) is 5.92 Å². The van der Waals surface area contributed by atoms with Gasteiger partial charge < -0.3 is 19.7 Å². The monoisotopic (exact) mass is 390 g/mol. The van der Waals surface area contributed by atoms with Crippen LogP contribution in [-0.4, -0.2) is 48.2 Å². The van der Waals surface area contributed by atoms with Crippen molar-refractivity contribution >= 4 is 23.7 Å². The number of carbonyl (C=O) groups excluding carboxylic acids is 3. The summed E-state index contributed by atoms with van der Waals surface area (Å²) in [7, 11) is 0. The third-order valence-corrected chi connectivity index (χ3v) is 4.27. The molecule has 1 saturated heterocycles. The fourth-order valence-corrected chi connectivity index (χ4v) is 2.90. The third kappa shape index (κ3) is 6.55. The summed E-state index contributed by atoms with van der Waals surface area (Å²) < 4.78 is 10.5. The molecule has 1 atom stereocenters. The molecule has 0 radical (unpaired) electrons. The summed E-state index contributed by atoms with van der Waals surface area (Å²) in [6.07, 6.45) is 1.84. The Morgan fingerprint density at radius 1 is 1.18 bits per heavy atom. The molecule has 1 aromatic carbocycles. The smallest absolute Gasteiger partial charge is 0.410 e. The van der Waals surface area contributed by atoms with Crippen LogP contribution in [0.2, 0.25) is 0 Å². The Hall–Kier alpha value is -2.57. The first-order valence-corrected chi connectivity index (χ1v) is 9.75. The minimum atomic E-state index is -0.563. The SMILES string of the molecule is CCCOC(=O)c1ccc(NC(=O)C2CCCN(C(=O)OC(C)(C)C)C2)cc1. The maximum absolute atomic E-state index is 12.6. The summed E-state index contributed by atoms with van der Waals surface area (Å²) in [4.78, 5) is 38.3. The Balaban J connectivity index is 1.91. The second-order valence-corrected chi connectivity index (χ2v) is 7.97. The molecule has 0 aromatic heterocycles. The number of anilines is 1. The first-order valence-electron chi connectivity index (χ1n) is 9.75. The van der Waals surface area contributed by atoms with E-state index in [0.717, 1.165) is 12.8 Å². The summed E-state index contributed by atoms with van der Waals surface area (Å²) in [5.74, 6) is -0.815. The Morgan fingerprint density at radius 3 is 2.46 bits per heavy atom. The van der Waals surface area contributed by atoms with Gasteiger partial charge in [0.25, 0.3) is 0 Å². The maximum Gasteiger partial charge on any atom is 0.410 e. The summed E-state index contributed by atoms with van der Waals surface area (Å²) in [5.41, 5.74) is 0.485. The van der Waals surface area contributed by atoms with Crippen molar-refractivity contribution in [3.05, 3.63) is 29.8 Å². The minimum Gasteiger partial charge on any atom is -0.462 e. The topological polar surface area (TPSA) is 84.9 Å². The normalized spacial score (nSPS) is 17.0. The number of hydrogen-bond acceptors (Lipinski definition) is 5. The molecule has 154 valence electrons. The van der Waals surface area contributed by atoms with Crippen LogP contribution in [0, 0.1) is 5.92 Å². The van der Waals surface area contributed by atoms with E-state index in [1.807, 2.05) is 27.7 Å². The summed E-state index contributed by atoms with van der Waals surface area (Å²) in [5, 5.41) is 2.86. The summed E-state index contributed by atoms with van der Waals surface area (Å²) in [6.45, 7) is 8.70. The van der Waals surface area contributed by atoms with Crippen LogP contribution in [0.1, 0.15) is 57.3 Å². The summed E-state index contributed by atoms with van der Waals surface area (Å²) >= 11 is 0. The van der Waals surface area contributed by atoms with Gasteiger partial charge in [-0.3, -0.25) is 4.79 Å². The number of amides is 2. The Morgan fingerprint density at radius 2 is 1.86 bits per heavy atom. The van der Waals surface area contributed by atoms with E-state index in [4.69, 9.17) is 9.47 Å². The lowest BCUT2D eigenvalue weighted by Crippen LogP contribution is -2.45. The molecule has 28 heavy (non-hydrogen) atoms. The fraction of sp³-hybridized carbons (Fsp3) is 0.571. The van der Waals surface area contributed by atoms with Crippen molar-refractivity contribution in [3.8, 4) is 0 Å². The Bertz CT molecular complexity index is 694. The van der Waals surface area contributed by atoms with E-state index >= 15 is 0 Å². The number of ether oxygens (including phenoxy) is 2. The predicted molar refractivity (Wildman–Crippen MR) is 106 cm³/mol. The van der Waals surface area contributed by atoms with Crippen LogP contribution >= 0.6 is 0 Å². The van der Waals surface area contributed by atoms with Gasteiger partial charge in [0.05, 0.1) is 18.1 Å². The lowest BCUT2D eigenvalue weighted by molar-refractivity contribution is -0.121. The highest BCUT2D eigenvalue weighted by molar-refractivity contribution is 5.94. The zero-order chi connectivity index (χ0) is 20.7. The number of hydrogen-bond donors (Lipinski definition) is 1. The zero-order valence-electron chi connectivity index (χ0n) is 17.1. The molecule has 0 bridgehead atoms. The van der Waals surface area contributed by atoms with Gasteiger partial charge in [-0.1, -0.05) is 6.92 Å². The molecule has 1 aromatic rings. The first-order chi connectivity index (χ1) is 13.2. The molecule has 1 fully saturated rings. The average molecular weight is 390 g/mol. The van der Waals surface area contributed by atoms with Crippen LogP contribution in [0.15, 0.2) is 24.3 Å². The van der Waals surface area contributed by atoms with Crippen molar-refractivity contribution in [1.82, 2.24) is 4.90 Å². The Labute approximate surface area is 166 Å². The number of nitrogens with one attached hydrogen (secondary N) is 1. The number of nitrogens with zero attached hydrogens (tertiary/aromatic N) is 1. The molecule has 7 nitrogen and oxygen atoms in total. The molecule has 1 heterocycles. The lowest BCUT2D eigenvalue weighted by atomic mass is 9.97. The van der Waals surface area contributed by atoms with Crippen LogP contribution < -0.4 is 5.32 Å². The molecular weight excluding hydrogens is 360 g/mol. The number of carbonyl (C=O) groups is 3. The number of rotatable bonds is 5. The van der Waals surface area contributed by atoms with E-state index in [-0.39, 0.29) is 23.9 Å². The molecule has 2 amide bonds. The first kappa shape index (κ1) is 21.7. The van der Waals surface area contributed by atoms with Gasteiger partial charge in [-0.2, -0.15) is 0 Å². The molecule has 7 heteroatoms. The molecule has 1 unspecified atom stereocenters. The van der Waals surface area contributed by atoms with E-state index < -0.39 is 5.60 Å². The fourth-order valence-electron chi connectivity index (χ4n) is 2.90. The second-order valence-electron chi connectivity index (χ2n) is 7.97. The van der Waals surface area contributed by atoms with Crippen LogP contribution in [-0.2, 0) is 14.3 Å². The highest BCUT2D eigenvalue weighted by atomic mass is 16.6. The maximum atomic E-state index is 12.6. The van der Waals surface area contributed by atoms with Gasteiger partial charge in [0.1, 0.15) is 5.60 Å². The number of piperidine rings is 1. The highest BCUT2D eigenvalue weighted by Crippen LogP contribution is 2.21. The van der Waals surface area contributed by atoms with Gasteiger partial charge in [-0.05, 0) is 64.3 Å². The van der Waals surface area contributed by atoms with E-state index in [1.54, 1.807) is 29.2 Å². The summed E-state index contributed by atoms with van der Waals surface area (Å²) in [6, 6.07) is 6.60. The zero-order valence-corrected chi connectivity index (χ0v) is 17.1. The van der Waals surface area contributed by atoms with Gasteiger partial charge >= 0.3 is 12.1 Å². The van der Waals surface area contributed by atoms with Crippen LogP contribution in [0.4, 0.5) is 10.5 Å². The average Bonchev–Trinajstić information content (AvgIpc) is 2.65. The van der Waals surface area contributed by atoms with Crippen LogP contribution in [0.5, 0.6) is 0 Å². The standard InChI is InChI=1S/C21H30N2O5/c1-5-13-27-19(25)15-8-10-17(11-9-15)22-18(24)16-7-6-12-23(14-16)20(26)28-21(2,3)4/h8-11,16H,5-7,12-14H2,1-4H3,(H,22,24).